The molecule has 0 amide bonds. The Morgan fingerprint density at radius 3 is 2.93 bits per heavy atom. The highest BCUT2D eigenvalue weighted by Crippen LogP contribution is 2.06. The number of hydrogen-bond acceptors (Lipinski definition) is 3. The molecule has 0 aliphatic heterocycles. The maximum atomic E-state index is 8.52. The topological polar surface area (TPSA) is 55.5 Å². The van der Waals surface area contributed by atoms with Crippen LogP contribution in [0.15, 0.2) is 24.3 Å². The lowest BCUT2D eigenvalue weighted by atomic mass is 10.1. The van der Waals surface area contributed by atoms with Crippen LogP contribution in [0.3, 0.4) is 0 Å². The van der Waals surface area contributed by atoms with Crippen LogP contribution in [0.2, 0.25) is 0 Å². The van der Waals surface area contributed by atoms with Crippen molar-refractivity contribution in [1.29, 1.82) is 0 Å². The lowest BCUT2D eigenvalue weighted by Gasteiger charge is -2.04. The maximum absolute atomic E-state index is 8.52. The minimum atomic E-state index is 0.0367. The number of nitrogens with two attached hydrogens (primary N) is 1. The molecule has 3 N–H and O–H groups in total. The highest BCUT2D eigenvalue weighted by Gasteiger charge is 1.98. The van der Waals surface area contributed by atoms with Crippen molar-refractivity contribution >= 4 is 17.2 Å². The average molecular weight is 211 g/mol. The van der Waals surface area contributed by atoms with E-state index in [4.69, 9.17) is 27.8 Å². The van der Waals surface area contributed by atoms with Crippen LogP contribution >= 0.6 is 12.2 Å². The van der Waals surface area contributed by atoms with Crippen LogP contribution in [-0.4, -0.2) is 23.3 Å². The fraction of sp³-hybridized carbons (Fsp3) is 0.300. The quantitative estimate of drug-likeness (QED) is 0.559. The summed E-state index contributed by atoms with van der Waals surface area (Å²) >= 11 is 4.85. The Labute approximate surface area is 88.5 Å². The summed E-state index contributed by atoms with van der Waals surface area (Å²) < 4.78 is 5.17. The molecule has 0 spiro atoms. The molecule has 0 heterocycles. The molecule has 0 aromatic heterocycles. The monoisotopic (exact) mass is 211 g/mol. The molecule has 0 saturated heterocycles. The summed E-state index contributed by atoms with van der Waals surface area (Å²) in [6.45, 7) is 0.851. The number of ether oxygens (including phenoxy) is 1. The predicted molar refractivity (Wildman–Crippen MR) is 59.1 cm³/mol. The van der Waals surface area contributed by atoms with E-state index in [0.717, 1.165) is 11.1 Å². The van der Waals surface area contributed by atoms with Crippen LogP contribution in [0.1, 0.15) is 11.1 Å². The van der Waals surface area contributed by atoms with Gasteiger partial charge in [0.05, 0.1) is 19.8 Å². The first kappa shape index (κ1) is 11.1. The van der Waals surface area contributed by atoms with E-state index >= 15 is 0 Å². The summed E-state index contributed by atoms with van der Waals surface area (Å²) in [5, 5.41) is 8.52. The van der Waals surface area contributed by atoms with E-state index in [0.29, 0.717) is 18.2 Å². The molecule has 0 bridgehead atoms. The molecule has 0 saturated carbocycles. The summed E-state index contributed by atoms with van der Waals surface area (Å²) in [6, 6.07) is 7.56. The van der Waals surface area contributed by atoms with Gasteiger partial charge in [0.25, 0.3) is 0 Å². The summed E-state index contributed by atoms with van der Waals surface area (Å²) in [5.41, 5.74) is 7.33. The first-order valence-electron chi connectivity index (χ1n) is 4.31. The zero-order chi connectivity index (χ0) is 10.4. The van der Waals surface area contributed by atoms with E-state index in [1.165, 1.54) is 0 Å². The van der Waals surface area contributed by atoms with Crippen LogP contribution in [-0.2, 0) is 11.3 Å². The Morgan fingerprint density at radius 1 is 1.50 bits per heavy atom. The smallest absolute Gasteiger partial charge is 0.103 e. The second-order valence-corrected chi connectivity index (χ2v) is 3.28. The maximum Gasteiger partial charge on any atom is 0.103 e. The van der Waals surface area contributed by atoms with Gasteiger partial charge in [0, 0.05) is 5.56 Å². The van der Waals surface area contributed by atoms with Crippen LogP contribution in [0.25, 0.3) is 0 Å². The van der Waals surface area contributed by atoms with Crippen molar-refractivity contribution in [3.05, 3.63) is 35.4 Å². The lowest BCUT2D eigenvalue weighted by Crippen LogP contribution is -2.09. The highest BCUT2D eigenvalue weighted by molar-refractivity contribution is 7.80. The molecule has 1 aromatic rings. The number of hydrogen-bond donors (Lipinski definition) is 2. The van der Waals surface area contributed by atoms with Gasteiger partial charge in [-0.1, -0.05) is 30.4 Å². The van der Waals surface area contributed by atoms with Gasteiger partial charge in [-0.05, 0) is 11.6 Å². The van der Waals surface area contributed by atoms with Crippen LogP contribution in [0.5, 0.6) is 0 Å². The molecule has 0 radical (unpaired) electrons. The third kappa shape index (κ3) is 3.41. The summed E-state index contributed by atoms with van der Waals surface area (Å²) in [5.74, 6) is 0. The second-order valence-electron chi connectivity index (χ2n) is 2.84. The Hall–Kier alpha value is -0.970. The van der Waals surface area contributed by atoms with E-state index in [2.05, 4.69) is 0 Å². The minimum Gasteiger partial charge on any atom is -0.394 e. The lowest BCUT2D eigenvalue weighted by molar-refractivity contribution is 0.0815. The molecule has 4 heteroatoms. The number of aliphatic hydroxyl groups excluding tert-OH is 1. The van der Waals surface area contributed by atoms with Crippen LogP contribution in [0.4, 0.5) is 0 Å². The molecule has 1 rings (SSSR count). The molecule has 0 unspecified atom stereocenters. The second kappa shape index (κ2) is 5.70. The molecule has 1 aromatic carbocycles. The molecule has 0 atom stereocenters. The van der Waals surface area contributed by atoms with E-state index < -0.39 is 0 Å². The van der Waals surface area contributed by atoms with E-state index in [1.807, 2.05) is 24.3 Å². The first-order valence-corrected chi connectivity index (χ1v) is 4.72. The van der Waals surface area contributed by atoms with E-state index in [9.17, 15) is 0 Å². The Morgan fingerprint density at radius 2 is 2.29 bits per heavy atom. The summed E-state index contributed by atoms with van der Waals surface area (Å²) in [6.07, 6.45) is 0. The highest BCUT2D eigenvalue weighted by atomic mass is 32.1. The molecule has 0 fully saturated rings. The first-order chi connectivity index (χ1) is 6.74. The van der Waals surface area contributed by atoms with E-state index in [1.54, 1.807) is 0 Å². The average Bonchev–Trinajstić information content (AvgIpc) is 2.19. The summed E-state index contributed by atoms with van der Waals surface area (Å²) in [4.78, 5) is 0.383. The number of thiocarbonyl (C=S) groups is 1. The van der Waals surface area contributed by atoms with Gasteiger partial charge in [-0.15, -0.1) is 0 Å². The van der Waals surface area contributed by atoms with Gasteiger partial charge >= 0.3 is 0 Å². The Kier molecular flexibility index (Phi) is 4.52. The van der Waals surface area contributed by atoms with Crippen molar-refractivity contribution in [2.45, 2.75) is 6.61 Å². The number of rotatable bonds is 5. The van der Waals surface area contributed by atoms with Gasteiger partial charge in [-0.3, -0.25) is 0 Å². The molecular weight excluding hydrogens is 198 g/mol. The van der Waals surface area contributed by atoms with Gasteiger partial charge in [0.15, 0.2) is 0 Å². The third-order valence-corrected chi connectivity index (χ3v) is 1.95. The largest absolute Gasteiger partial charge is 0.394 e. The number of aliphatic hydroxyl groups is 1. The van der Waals surface area contributed by atoms with E-state index in [-0.39, 0.29) is 6.61 Å². The van der Waals surface area contributed by atoms with Gasteiger partial charge in [0.2, 0.25) is 0 Å². The third-order valence-electron chi connectivity index (χ3n) is 1.72. The van der Waals surface area contributed by atoms with Crippen molar-refractivity contribution in [3.63, 3.8) is 0 Å². The van der Waals surface area contributed by atoms with Crippen molar-refractivity contribution < 1.29 is 9.84 Å². The standard InChI is InChI=1S/C10H13NO2S/c11-10(14)9-3-1-2-8(6-9)7-13-5-4-12/h1-3,6,12H,4-5,7H2,(H2,11,14). The molecule has 3 nitrogen and oxygen atoms in total. The van der Waals surface area contributed by atoms with Crippen molar-refractivity contribution in [2.24, 2.45) is 5.73 Å². The SMILES string of the molecule is NC(=S)c1cccc(COCCO)c1. The van der Waals surface area contributed by atoms with Crippen molar-refractivity contribution in [2.75, 3.05) is 13.2 Å². The number of benzene rings is 1. The van der Waals surface area contributed by atoms with Crippen molar-refractivity contribution in [3.8, 4) is 0 Å². The molecule has 14 heavy (non-hydrogen) atoms. The molecule has 0 aliphatic carbocycles. The normalized spacial score (nSPS) is 10.1. The van der Waals surface area contributed by atoms with Gasteiger partial charge in [0.1, 0.15) is 4.99 Å². The fourth-order valence-electron chi connectivity index (χ4n) is 1.07. The van der Waals surface area contributed by atoms with Gasteiger partial charge < -0.3 is 15.6 Å². The molecule has 0 aliphatic rings. The molecule has 76 valence electrons. The zero-order valence-corrected chi connectivity index (χ0v) is 8.59. The summed E-state index contributed by atoms with van der Waals surface area (Å²) in [7, 11) is 0. The van der Waals surface area contributed by atoms with Gasteiger partial charge in [-0.25, -0.2) is 0 Å². The van der Waals surface area contributed by atoms with Crippen LogP contribution < -0.4 is 5.73 Å². The zero-order valence-electron chi connectivity index (χ0n) is 7.77. The Balaban J connectivity index is 2.59. The minimum absolute atomic E-state index is 0.0367. The fourth-order valence-corrected chi connectivity index (χ4v) is 1.20. The van der Waals surface area contributed by atoms with Crippen LogP contribution in [0, 0.1) is 0 Å². The van der Waals surface area contributed by atoms with Crippen molar-refractivity contribution in [1.82, 2.24) is 0 Å². The molecular formula is C10H13NO2S. The Bertz CT molecular complexity index is 315. The predicted octanol–water partition coefficient (Wildman–Crippen LogP) is 0.830. The van der Waals surface area contributed by atoms with Gasteiger partial charge in [-0.2, -0.15) is 0 Å².